The topological polar surface area (TPSA) is 73.3 Å². The summed E-state index contributed by atoms with van der Waals surface area (Å²) in [6.45, 7) is 0.578. The van der Waals surface area contributed by atoms with Crippen molar-refractivity contribution < 1.29 is 5.11 Å². The van der Waals surface area contributed by atoms with Gasteiger partial charge in [-0.15, -0.1) is 0 Å². The van der Waals surface area contributed by atoms with Gasteiger partial charge in [-0.3, -0.25) is 5.41 Å². The maximum absolute atomic E-state index is 10.5. The lowest BCUT2D eigenvalue weighted by Crippen LogP contribution is -2.39. The van der Waals surface area contributed by atoms with Gasteiger partial charge in [-0.2, -0.15) is 0 Å². The molecule has 5 heteroatoms. The average Bonchev–Trinajstić information content (AvgIpc) is 2.75. The fraction of sp³-hybridized carbons (Fsp3) is 0.500. The standard InChI is InChI=1S/C14H20BrN3O/c1-18(9-14(19)6-2-3-7-14)12-5-4-10(15)8-11(12)13(16)17/h4-5,8,19H,2-3,6-7,9H2,1H3,(H3,16,17). The summed E-state index contributed by atoms with van der Waals surface area (Å²) in [5, 5.41) is 18.1. The van der Waals surface area contributed by atoms with Crippen LogP contribution in [-0.2, 0) is 0 Å². The number of amidine groups is 1. The number of benzene rings is 1. The van der Waals surface area contributed by atoms with Crippen LogP contribution < -0.4 is 10.6 Å². The predicted octanol–water partition coefficient (Wildman–Crippen LogP) is 2.47. The second kappa shape index (κ2) is 5.51. The molecule has 1 aromatic rings. The summed E-state index contributed by atoms with van der Waals surface area (Å²) >= 11 is 3.39. The highest BCUT2D eigenvalue weighted by Gasteiger charge is 2.32. The van der Waals surface area contributed by atoms with Gasteiger partial charge in [0.15, 0.2) is 0 Å². The minimum atomic E-state index is -0.601. The summed E-state index contributed by atoms with van der Waals surface area (Å²) in [4.78, 5) is 1.99. The number of halogens is 1. The molecule has 4 nitrogen and oxygen atoms in total. The zero-order chi connectivity index (χ0) is 14.0. The number of likely N-dealkylation sites (N-methyl/N-ethyl adjacent to an activating group) is 1. The first kappa shape index (κ1) is 14.3. The Morgan fingerprint density at radius 3 is 2.68 bits per heavy atom. The Balaban J connectivity index is 2.23. The van der Waals surface area contributed by atoms with E-state index in [1.165, 1.54) is 0 Å². The van der Waals surface area contributed by atoms with Gasteiger partial charge in [-0.25, -0.2) is 0 Å². The molecule has 0 aliphatic heterocycles. The molecule has 1 aliphatic rings. The average molecular weight is 326 g/mol. The molecule has 1 fully saturated rings. The maximum atomic E-state index is 10.5. The summed E-state index contributed by atoms with van der Waals surface area (Å²) in [6.07, 6.45) is 3.88. The summed E-state index contributed by atoms with van der Waals surface area (Å²) < 4.78 is 0.898. The molecule has 0 bridgehead atoms. The van der Waals surface area contributed by atoms with Crippen LogP contribution in [0.25, 0.3) is 0 Å². The monoisotopic (exact) mass is 325 g/mol. The molecule has 0 heterocycles. The van der Waals surface area contributed by atoms with E-state index in [1.54, 1.807) is 0 Å². The third kappa shape index (κ3) is 3.28. The number of nitrogens with two attached hydrogens (primary N) is 1. The molecule has 104 valence electrons. The molecule has 2 rings (SSSR count). The zero-order valence-corrected chi connectivity index (χ0v) is 12.7. The lowest BCUT2D eigenvalue weighted by molar-refractivity contribution is 0.0559. The van der Waals surface area contributed by atoms with Crippen LogP contribution in [0.15, 0.2) is 22.7 Å². The van der Waals surface area contributed by atoms with Gasteiger partial charge in [0.1, 0.15) is 5.84 Å². The highest BCUT2D eigenvalue weighted by Crippen LogP contribution is 2.32. The van der Waals surface area contributed by atoms with Gasteiger partial charge in [0.25, 0.3) is 0 Å². The van der Waals surface area contributed by atoms with Crippen molar-refractivity contribution in [2.45, 2.75) is 31.3 Å². The van der Waals surface area contributed by atoms with E-state index in [0.29, 0.717) is 12.1 Å². The van der Waals surface area contributed by atoms with E-state index in [4.69, 9.17) is 11.1 Å². The number of nitrogens with zero attached hydrogens (tertiary/aromatic N) is 1. The van der Waals surface area contributed by atoms with E-state index in [1.807, 2.05) is 30.1 Å². The Hall–Kier alpha value is -1.07. The minimum absolute atomic E-state index is 0.0431. The van der Waals surface area contributed by atoms with Crippen molar-refractivity contribution in [1.29, 1.82) is 5.41 Å². The molecular formula is C14H20BrN3O. The van der Waals surface area contributed by atoms with Crippen molar-refractivity contribution in [3.8, 4) is 0 Å². The fourth-order valence-electron chi connectivity index (χ4n) is 2.77. The van der Waals surface area contributed by atoms with E-state index in [-0.39, 0.29) is 5.84 Å². The van der Waals surface area contributed by atoms with Crippen LogP contribution in [0.3, 0.4) is 0 Å². The third-order valence-corrected chi connectivity index (χ3v) is 4.22. The van der Waals surface area contributed by atoms with Gasteiger partial charge in [0.2, 0.25) is 0 Å². The first-order valence-electron chi connectivity index (χ1n) is 6.49. The van der Waals surface area contributed by atoms with Gasteiger partial charge in [-0.05, 0) is 31.0 Å². The molecule has 0 aromatic heterocycles. The molecule has 0 atom stereocenters. The van der Waals surface area contributed by atoms with Crippen LogP contribution in [0.5, 0.6) is 0 Å². The quantitative estimate of drug-likeness (QED) is 0.588. The largest absolute Gasteiger partial charge is 0.388 e. The van der Waals surface area contributed by atoms with E-state index >= 15 is 0 Å². The van der Waals surface area contributed by atoms with Gasteiger partial charge >= 0.3 is 0 Å². The van der Waals surface area contributed by atoms with E-state index in [0.717, 1.165) is 35.8 Å². The van der Waals surface area contributed by atoms with E-state index < -0.39 is 5.60 Å². The van der Waals surface area contributed by atoms with Crippen molar-refractivity contribution in [3.63, 3.8) is 0 Å². The number of hydrogen-bond acceptors (Lipinski definition) is 3. The molecule has 0 amide bonds. The molecule has 0 unspecified atom stereocenters. The van der Waals surface area contributed by atoms with Gasteiger partial charge in [0, 0.05) is 29.3 Å². The number of aliphatic hydroxyl groups is 1. The lowest BCUT2D eigenvalue weighted by atomic mass is 10.0. The number of anilines is 1. The second-order valence-corrected chi connectivity index (χ2v) is 6.28. The SMILES string of the molecule is CN(CC1(O)CCCC1)c1ccc(Br)cc1C(=N)N. The zero-order valence-electron chi connectivity index (χ0n) is 11.1. The highest BCUT2D eigenvalue weighted by atomic mass is 79.9. The Morgan fingerprint density at radius 2 is 2.11 bits per heavy atom. The van der Waals surface area contributed by atoms with Gasteiger partial charge in [0.05, 0.1) is 5.60 Å². The van der Waals surface area contributed by atoms with Crippen molar-refractivity contribution in [2.75, 3.05) is 18.5 Å². The van der Waals surface area contributed by atoms with Crippen molar-refractivity contribution in [2.24, 2.45) is 5.73 Å². The number of rotatable bonds is 4. The number of nitrogens with one attached hydrogen (secondary N) is 1. The Kier molecular flexibility index (Phi) is 4.16. The Bertz CT molecular complexity index is 484. The molecule has 1 aromatic carbocycles. The smallest absolute Gasteiger partial charge is 0.124 e. The number of hydrogen-bond donors (Lipinski definition) is 3. The fourth-order valence-corrected chi connectivity index (χ4v) is 3.14. The Labute approximate surface area is 122 Å². The minimum Gasteiger partial charge on any atom is -0.388 e. The highest BCUT2D eigenvalue weighted by molar-refractivity contribution is 9.10. The van der Waals surface area contributed by atoms with Crippen LogP contribution in [0.1, 0.15) is 31.2 Å². The van der Waals surface area contributed by atoms with Gasteiger partial charge < -0.3 is 15.7 Å². The van der Waals surface area contributed by atoms with Crippen LogP contribution in [0.2, 0.25) is 0 Å². The number of nitrogen functional groups attached to an aromatic ring is 1. The maximum Gasteiger partial charge on any atom is 0.124 e. The van der Waals surface area contributed by atoms with E-state index in [9.17, 15) is 5.11 Å². The first-order valence-corrected chi connectivity index (χ1v) is 7.28. The molecule has 0 spiro atoms. The Morgan fingerprint density at radius 1 is 1.47 bits per heavy atom. The molecule has 19 heavy (non-hydrogen) atoms. The molecule has 1 aliphatic carbocycles. The molecule has 4 N–H and O–H groups in total. The van der Waals surface area contributed by atoms with Crippen molar-refractivity contribution in [1.82, 2.24) is 0 Å². The molecule has 0 radical (unpaired) electrons. The molecule has 1 saturated carbocycles. The third-order valence-electron chi connectivity index (χ3n) is 3.73. The van der Waals surface area contributed by atoms with E-state index in [2.05, 4.69) is 15.9 Å². The van der Waals surface area contributed by atoms with Crippen molar-refractivity contribution in [3.05, 3.63) is 28.2 Å². The molecule has 0 saturated heterocycles. The first-order chi connectivity index (χ1) is 8.91. The molecular weight excluding hydrogens is 306 g/mol. The second-order valence-electron chi connectivity index (χ2n) is 5.36. The summed E-state index contributed by atoms with van der Waals surface area (Å²) in [7, 11) is 1.94. The van der Waals surface area contributed by atoms with Crippen LogP contribution in [-0.4, -0.2) is 30.1 Å². The van der Waals surface area contributed by atoms with Crippen LogP contribution in [0.4, 0.5) is 5.69 Å². The van der Waals surface area contributed by atoms with Crippen LogP contribution in [0, 0.1) is 5.41 Å². The summed E-state index contributed by atoms with van der Waals surface area (Å²) in [5.41, 5.74) is 6.61. The predicted molar refractivity (Wildman–Crippen MR) is 81.8 cm³/mol. The van der Waals surface area contributed by atoms with Crippen LogP contribution >= 0.6 is 15.9 Å². The lowest BCUT2D eigenvalue weighted by Gasteiger charge is -2.31. The summed E-state index contributed by atoms with van der Waals surface area (Å²) in [5.74, 6) is 0.0431. The normalized spacial score (nSPS) is 17.4. The van der Waals surface area contributed by atoms with Gasteiger partial charge in [-0.1, -0.05) is 28.8 Å². The van der Waals surface area contributed by atoms with Crippen molar-refractivity contribution >= 4 is 27.5 Å². The summed E-state index contributed by atoms with van der Waals surface area (Å²) in [6, 6.07) is 5.70.